The highest BCUT2D eigenvalue weighted by molar-refractivity contribution is 6.02. The maximum atomic E-state index is 12.8. The monoisotopic (exact) mass is 389 g/mol. The van der Waals surface area contributed by atoms with E-state index < -0.39 is 11.7 Å². The quantitative estimate of drug-likeness (QED) is 0.849. The molecule has 0 unspecified atom stereocenters. The summed E-state index contributed by atoms with van der Waals surface area (Å²) in [5.74, 6) is 1.67. The van der Waals surface area contributed by atoms with Crippen molar-refractivity contribution in [3.63, 3.8) is 0 Å². The molecule has 1 atom stereocenters. The van der Waals surface area contributed by atoms with Crippen molar-refractivity contribution < 1.29 is 17.9 Å². The predicted octanol–water partition coefficient (Wildman–Crippen LogP) is 3.81. The Bertz CT molecular complexity index is 877. The number of hydrogen-bond donors (Lipinski definition) is 1. The number of ether oxygens (including phenoxy) is 1. The average molecular weight is 389 g/mol. The molecule has 4 rings (SSSR count). The Morgan fingerprint density at radius 3 is 2.54 bits per heavy atom. The minimum atomic E-state index is -4.33. The third-order valence-corrected chi connectivity index (χ3v) is 5.27. The van der Waals surface area contributed by atoms with E-state index in [1.165, 1.54) is 12.1 Å². The van der Waals surface area contributed by atoms with E-state index >= 15 is 0 Å². The van der Waals surface area contributed by atoms with Gasteiger partial charge in [0.25, 0.3) is 0 Å². The van der Waals surface area contributed by atoms with Gasteiger partial charge in [0.15, 0.2) is 0 Å². The number of hydrogen-bond acceptors (Lipinski definition) is 4. The molecular formula is C21H22F3N3O. The maximum Gasteiger partial charge on any atom is 0.416 e. The van der Waals surface area contributed by atoms with Crippen LogP contribution in [0, 0.1) is 0 Å². The fourth-order valence-electron chi connectivity index (χ4n) is 3.71. The van der Waals surface area contributed by atoms with Crippen LogP contribution in [0.1, 0.15) is 17.5 Å². The molecule has 28 heavy (non-hydrogen) atoms. The first kappa shape index (κ1) is 18.8. The summed E-state index contributed by atoms with van der Waals surface area (Å²) in [5.41, 5.74) is 1.82. The van der Waals surface area contributed by atoms with Crippen LogP contribution in [0.15, 0.2) is 47.5 Å². The third-order valence-electron chi connectivity index (χ3n) is 5.27. The Kier molecular flexibility index (Phi) is 5.02. The van der Waals surface area contributed by atoms with Crippen molar-refractivity contribution in [3.8, 4) is 16.9 Å². The van der Waals surface area contributed by atoms with Gasteiger partial charge in [-0.05, 0) is 48.9 Å². The molecule has 2 aliphatic heterocycles. The van der Waals surface area contributed by atoms with Crippen LogP contribution >= 0.6 is 0 Å². The van der Waals surface area contributed by atoms with Crippen molar-refractivity contribution in [3.05, 3.63) is 53.6 Å². The van der Waals surface area contributed by atoms with Crippen LogP contribution in [0.25, 0.3) is 11.1 Å². The van der Waals surface area contributed by atoms with E-state index in [-0.39, 0.29) is 0 Å². The summed E-state index contributed by atoms with van der Waals surface area (Å²) in [6.45, 7) is 2.88. The molecule has 0 aliphatic carbocycles. The van der Waals surface area contributed by atoms with Crippen LogP contribution in [0.3, 0.4) is 0 Å². The van der Waals surface area contributed by atoms with Crippen LogP contribution in [0.4, 0.5) is 13.2 Å². The highest BCUT2D eigenvalue weighted by Gasteiger charge is 2.30. The molecule has 0 amide bonds. The zero-order valence-corrected chi connectivity index (χ0v) is 15.6. The molecule has 2 aromatic rings. The summed E-state index contributed by atoms with van der Waals surface area (Å²) >= 11 is 0. The van der Waals surface area contributed by atoms with Crippen LogP contribution in [0.2, 0.25) is 0 Å². The summed E-state index contributed by atoms with van der Waals surface area (Å²) in [5, 5.41) is 3.31. The number of alkyl halides is 3. The van der Waals surface area contributed by atoms with E-state index in [0.29, 0.717) is 19.2 Å². The van der Waals surface area contributed by atoms with Crippen molar-refractivity contribution >= 4 is 5.84 Å². The summed E-state index contributed by atoms with van der Waals surface area (Å²) in [7, 11) is 1.96. The van der Waals surface area contributed by atoms with Gasteiger partial charge in [-0.3, -0.25) is 4.99 Å². The van der Waals surface area contributed by atoms with E-state index in [0.717, 1.165) is 59.9 Å². The smallest absolute Gasteiger partial charge is 0.416 e. The molecule has 4 nitrogen and oxygen atoms in total. The highest BCUT2D eigenvalue weighted by Crippen LogP contribution is 2.33. The molecule has 1 saturated heterocycles. The van der Waals surface area contributed by atoms with Gasteiger partial charge in [-0.1, -0.05) is 18.2 Å². The Hall–Kier alpha value is -2.54. The largest absolute Gasteiger partial charge is 0.491 e. The van der Waals surface area contributed by atoms with Gasteiger partial charge < -0.3 is 15.0 Å². The number of fused-ring (bicyclic) bond motifs is 1. The molecule has 2 heterocycles. The molecule has 1 N–H and O–H groups in total. The number of rotatable bonds is 2. The van der Waals surface area contributed by atoms with E-state index in [2.05, 4.69) is 10.2 Å². The SMILES string of the molecule is CN[C@H]1CCN(C2=NCCOc3ccc(-c4ccc(C(F)(F)F)cc4)cc32)C1. The third kappa shape index (κ3) is 3.71. The lowest BCUT2D eigenvalue weighted by atomic mass is 10.00. The van der Waals surface area contributed by atoms with Crippen molar-refractivity contribution in [2.75, 3.05) is 33.3 Å². The first-order valence-corrected chi connectivity index (χ1v) is 9.37. The second-order valence-electron chi connectivity index (χ2n) is 7.06. The zero-order chi connectivity index (χ0) is 19.7. The van der Waals surface area contributed by atoms with Crippen LogP contribution < -0.4 is 10.1 Å². The van der Waals surface area contributed by atoms with Gasteiger partial charge in [0, 0.05) is 19.1 Å². The molecule has 7 heteroatoms. The lowest BCUT2D eigenvalue weighted by Gasteiger charge is -2.22. The Morgan fingerprint density at radius 1 is 1.11 bits per heavy atom. The summed E-state index contributed by atoms with van der Waals surface area (Å²) in [6, 6.07) is 11.4. The molecule has 0 saturated carbocycles. The van der Waals surface area contributed by atoms with Gasteiger partial charge in [0.05, 0.1) is 17.7 Å². The second kappa shape index (κ2) is 7.47. The Balaban J connectivity index is 1.68. The number of nitrogens with zero attached hydrogens (tertiary/aromatic N) is 2. The fourth-order valence-corrected chi connectivity index (χ4v) is 3.71. The maximum absolute atomic E-state index is 12.8. The number of amidine groups is 1. The number of benzene rings is 2. The molecule has 2 aliphatic rings. The number of likely N-dealkylation sites (tertiary alicyclic amines) is 1. The van der Waals surface area contributed by atoms with Crippen LogP contribution in [-0.4, -0.2) is 50.1 Å². The summed E-state index contributed by atoms with van der Waals surface area (Å²) < 4.78 is 44.3. The van der Waals surface area contributed by atoms with Gasteiger partial charge >= 0.3 is 6.18 Å². The highest BCUT2D eigenvalue weighted by atomic mass is 19.4. The minimum Gasteiger partial charge on any atom is -0.491 e. The van der Waals surface area contributed by atoms with E-state index in [9.17, 15) is 13.2 Å². The molecule has 2 aromatic carbocycles. The van der Waals surface area contributed by atoms with Crippen molar-refractivity contribution in [2.24, 2.45) is 4.99 Å². The molecule has 0 bridgehead atoms. The first-order valence-electron chi connectivity index (χ1n) is 9.37. The number of aliphatic imine (C=N–C) groups is 1. The van der Waals surface area contributed by atoms with Crippen LogP contribution in [0.5, 0.6) is 5.75 Å². The topological polar surface area (TPSA) is 36.9 Å². The minimum absolute atomic E-state index is 0.424. The lowest BCUT2D eigenvalue weighted by molar-refractivity contribution is -0.137. The van der Waals surface area contributed by atoms with Crippen LogP contribution in [-0.2, 0) is 6.18 Å². The predicted molar refractivity (Wildman–Crippen MR) is 103 cm³/mol. The first-order chi connectivity index (χ1) is 13.5. The fraction of sp³-hybridized carbons (Fsp3) is 0.381. The van der Waals surface area contributed by atoms with Gasteiger partial charge in [0.2, 0.25) is 0 Å². The molecule has 0 spiro atoms. The molecule has 148 valence electrons. The molecule has 1 fully saturated rings. The van der Waals surface area contributed by atoms with Gasteiger partial charge in [0.1, 0.15) is 18.2 Å². The van der Waals surface area contributed by atoms with Gasteiger partial charge in [-0.25, -0.2) is 0 Å². The van der Waals surface area contributed by atoms with Crippen molar-refractivity contribution in [2.45, 2.75) is 18.6 Å². The Labute approximate surface area is 162 Å². The number of nitrogens with one attached hydrogen (secondary N) is 1. The van der Waals surface area contributed by atoms with E-state index in [1.807, 2.05) is 25.2 Å². The second-order valence-corrected chi connectivity index (χ2v) is 7.06. The molecule has 0 radical (unpaired) electrons. The number of halogens is 3. The lowest BCUT2D eigenvalue weighted by Crippen LogP contribution is -2.34. The van der Waals surface area contributed by atoms with Crippen molar-refractivity contribution in [1.82, 2.24) is 10.2 Å². The molecule has 0 aromatic heterocycles. The average Bonchev–Trinajstić information content (AvgIpc) is 3.07. The summed E-state index contributed by atoms with van der Waals surface area (Å²) in [4.78, 5) is 6.99. The summed E-state index contributed by atoms with van der Waals surface area (Å²) in [6.07, 6.45) is -3.29. The standard InChI is InChI=1S/C21H22F3N3O/c1-25-17-8-10-27(13-17)20-18-12-15(4-7-19(18)28-11-9-26-20)14-2-5-16(6-3-14)21(22,23)24/h2-7,12,17,25H,8-11,13H2,1H3/t17-/m0/s1. The van der Waals surface area contributed by atoms with E-state index in [4.69, 9.17) is 9.73 Å². The molecular weight excluding hydrogens is 367 g/mol. The van der Waals surface area contributed by atoms with Gasteiger partial charge in [-0.15, -0.1) is 0 Å². The van der Waals surface area contributed by atoms with E-state index in [1.54, 1.807) is 0 Å². The van der Waals surface area contributed by atoms with Crippen molar-refractivity contribution in [1.29, 1.82) is 0 Å². The zero-order valence-electron chi connectivity index (χ0n) is 15.6. The Morgan fingerprint density at radius 2 is 1.86 bits per heavy atom. The normalized spacial score (nSPS) is 19.6. The van der Waals surface area contributed by atoms with Gasteiger partial charge in [-0.2, -0.15) is 13.2 Å². The number of likely N-dealkylation sites (N-methyl/N-ethyl adjacent to an activating group) is 1.